The van der Waals surface area contributed by atoms with E-state index in [-0.39, 0.29) is 11.3 Å². The maximum absolute atomic E-state index is 13.5. The summed E-state index contributed by atoms with van der Waals surface area (Å²) in [6, 6.07) is 19.2. The van der Waals surface area contributed by atoms with Crippen LogP contribution in [-0.2, 0) is 9.59 Å². The first-order valence-corrected chi connectivity index (χ1v) is 10.3. The number of benzene rings is 3. The Kier molecular flexibility index (Phi) is 5.88. The fourth-order valence-electron chi connectivity index (χ4n) is 3.52. The number of methoxy groups -OCH3 is 2. The highest BCUT2D eigenvalue weighted by molar-refractivity contribution is 6.46. The third-order valence-corrected chi connectivity index (χ3v) is 5.47. The van der Waals surface area contributed by atoms with Crippen molar-refractivity contribution in [2.75, 3.05) is 24.4 Å². The summed E-state index contributed by atoms with van der Waals surface area (Å²) in [5, 5.41) is 3.68. The van der Waals surface area contributed by atoms with Gasteiger partial charge in [0, 0.05) is 16.8 Å². The van der Waals surface area contributed by atoms with Crippen molar-refractivity contribution in [2.45, 2.75) is 6.92 Å². The van der Waals surface area contributed by atoms with Crippen LogP contribution in [0.15, 0.2) is 72.4 Å². The van der Waals surface area contributed by atoms with Gasteiger partial charge in [-0.05, 0) is 54.4 Å². The maximum Gasteiger partial charge on any atom is 0.282 e. The van der Waals surface area contributed by atoms with Gasteiger partial charge in [0.05, 0.1) is 25.5 Å². The van der Waals surface area contributed by atoms with Crippen molar-refractivity contribution in [3.8, 4) is 11.5 Å². The number of rotatable bonds is 6. The third-order valence-electron chi connectivity index (χ3n) is 5.23. The summed E-state index contributed by atoms with van der Waals surface area (Å²) in [4.78, 5) is 28.2. The van der Waals surface area contributed by atoms with Crippen LogP contribution in [0.1, 0.15) is 11.1 Å². The first-order valence-electron chi connectivity index (χ1n) is 9.87. The minimum Gasteiger partial charge on any atom is -0.497 e. The first-order chi connectivity index (χ1) is 15.4. The number of amides is 2. The van der Waals surface area contributed by atoms with Crippen molar-refractivity contribution in [1.29, 1.82) is 0 Å². The minimum atomic E-state index is -0.464. The Balaban J connectivity index is 1.84. The lowest BCUT2D eigenvalue weighted by Gasteiger charge is -2.16. The van der Waals surface area contributed by atoms with Crippen molar-refractivity contribution < 1.29 is 19.1 Å². The van der Waals surface area contributed by atoms with E-state index >= 15 is 0 Å². The molecule has 32 heavy (non-hydrogen) atoms. The molecule has 2 amide bonds. The molecule has 4 rings (SSSR count). The molecule has 0 saturated carbocycles. The van der Waals surface area contributed by atoms with Crippen molar-refractivity contribution >= 4 is 40.4 Å². The normalized spacial score (nSPS) is 13.6. The zero-order valence-electron chi connectivity index (χ0n) is 17.8. The van der Waals surface area contributed by atoms with E-state index < -0.39 is 11.8 Å². The lowest BCUT2D eigenvalue weighted by molar-refractivity contribution is -0.120. The van der Waals surface area contributed by atoms with E-state index in [1.807, 2.05) is 13.0 Å². The van der Waals surface area contributed by atoms with Crippen LogP contribution in [0, 0.1) is 6.92 Å². The molecule has 0 saturated heterocycles. The molecular weight excluding hydrogens is 428 g/mol. The van der Waals surface area contributed by atoms with Crippen molar-refractivity contribution in [3.05, 3.63) is 88.6 Å². The number of hydrogen-bond acceptors (Lipinski definition) is 5. The second-order valence-corrected chi connectivity index (χ2v) is 7.65. The number of aryl methyl sites for hydroxylation is 1. The van der Waals surface area contributed by atoms with Crippen molar-refractivity contribution in [2.24, 2.45) is 0 Å². The van der Waals surface area contributed by atoms with Gasteiger partial charge in [0.1, 0.15) is 17.2 Å². The number of ether oxygens (including phenoxy) is 2. The fourth-order valence-corrected chi connectivity index (χ4v) is 3.69. The Hall–Kier alpha value is -3.77. The molecule has 6 nitrogen and oxygen atoms in total. The number of carbonyl (C=O) groups is 2. The molecule has 0 unspecified atom stereocenters. The second-order valence-electron chi connectivity index (χ2n) is 7.21. The Labute approximate surface area is 191 Å². The smallest absolute Gasteiger partial charge is 0.282 e. The van der Waals surface area contributed by atoms with E-state index in [4.69, 9.17) is 21.1 Å². The summed E-state index contributed by atoms with van der Waals surface area (Å²) in [6.07, 6.45) is 0. The van der Waals surface area contributed by atoms with Gasteiger partial charge >= 0.3 is 0 Å². The first kappa shape index (κ1) is 21.5. The van der Waals surface area contributed by atoms with Crippen LogP contribution in [0.4, 0.5) is 11.4 Å². The molecule has 0 atom stereocenters. The summed E-state index contributed by atoms with van der Waals surface area (Å²) < 4.78 is 10.5. The molecule has 3 aromatic rings. The van der Waals surface area contributed by atoms with Crippen molar-refractivity contribution in [1.82, 2.24) is 0 Å². The number of halogens is 1. The number of nitrogens with zero attached hydrogens (tertiary/aromatic N) is 1. The van der Waals surface area contributed by atoms with Gasteiger partial charge in [0.25, 0.3) is 11.8 Å². The number of imide groups is 1. The van der Waals surface area contributed by atoms with E-state index in [2.05, 4.69) is 5.32 Å². The summed E-state index contributed by atoms with van der Waals surface area (Å²) in [6.45, 7) is 1.90. The van der Waals surface area contributed by atoms with Gasteiger partial charge < -0.3 is 14.8 Å². The van der Waals surface area contributed by atoms with Gasteiger partial charge in [-0.1, -0.05) is 35.9 Å². The van der Waals surface area contributed by atoms with Crippen LogP contribution in [-0.4, -0.2) is 26.0 Å². The molecule has 0 fully saturated rings. The summed E-state index contributed by atoms with van der Waals surface area (Å²) in [5.41, 5.74) is 2.98. The molecule has 0 aliphatic carbocycles. The van der Waals surface area contributed by atoms with Crippen LogP contribution in [0.5, 0.6) is 11.5 Å². The van der Waals surface area contributed by atoms with Crippen molar-refractivity contribution in [3.63, 3.8) is 0 Å². The summed E-state index contributed by atoms with van der Waals surface area (Å²) in [5.74, 6) is 0.293. The topological polar surface area (TPSA) is 67.9 Å². The predicted molar refractivity (Wildman–Crippen MR) is 125 cm³/mol. The number of nitrogens with one attached hydrogen (secondary N) is 1. The highest BCUT2D eigenvalue weighted by atomic mass is 35.5. The number of anilines is 2. The van der Waals surface area contributed by atoms with Gasteiger partial charge in [0.2, 0.25) is 0 Å². The van der Waals surface area contributed by atoms with E-state index in [1.165, 1.54) is 7.11 Å². The second kappa shape index (κ2) is 8.77. The van der Waals surface area contributed by atoms with Crippen LogP contribution in [0.25, 0.3) is 5.57 Å². The van der Waals surface area contributed by atoms with Crippen LogP contribution < -0.4 is 19.7 Å². The maximum atomic E-state index is 13.5. The average molecular weight is 449 g/mol. The zero-order chi connectivity index (χ0) is 22.8. The number of hydrogen-bond donors (Lipinski definition) is 1. The van der Waals surface area contributed by atoms with E-state index in [0.717, 1.165) is 10.5 Å². The Morgan fingerprint density at radius 2 is 1.56 bits per heavy atom. The number of carbonyl (C=O) groups excluding carboxylic acids is 2. The van der Waals surface area contributed by atoms with Gasteiger partial charge in [-0.3, -0.25) is 9.59 Å². The van der Waals surface area contributed by atoms with Gasteiger partial charge in [-0.15, -0.1) is 0 Å². The molecule has 162 valence electrons. The average Bonchev–Trinajstić information content (AvgIpc) is 3.05. The highest BCUT2D eigenvalue weighted by Gasteiger charge is 2.40. The molecule has 1 N–H and O–H groups in total. The molecule has 1 aliphatic rings. The Bertz CT molecular complexity index is 1230. The molecule has 7 heteroatoms. The third kappa shape index (κ3) is 3.92. The molecule has 0 bridgehead atoms. The quantitative estimate of drug-likeness (QED) is 0.534. The van der Waals surface area contributed by atoms with Crippen LogP contribution in [0.3, 0.4) is 0 Å². The SMILES string of the molecule is COc1ccc(C2=C(Nc3cc(Cl)ccc3C)C(=O)N(c3cccc(OC)c3)C2=O)cc1. The fraction of sp³-hybridized carbons (Fsp3) is 0.120. The van der Waals surface area contributed by atoms with Crippen LogP contribution in [0.2, 0.25) is 5.02 Å². The van der Waals surface area contributed by atoms with Gasteiger partial charge in [-0.25, -0.2) is 4.90 Å². The Morgan fingerprint density at radius 3 is 2.25 bits per heavy atom. The molecule has 1 aliphatic heterocycles. The molecule has 3 aromatic carbocycles. The van der Waals surface area contributed by atoms with E-state index in [0.29, 0.717) is 33.5 Å². The molecule has 0 radical (unpaired) electrons. The molecular formula is C25H21ClN2O4. The summed E-state index contributed by atoms with van der Waals surface area (Å²) >= 11 is 6.17. The monoisotopic (exact) mass is 448 g/mol. The van der Waals surface area contributed by atoms with Crippen LogP contribution >= 0.6 is 11.6 Å². The van der Waals surface area contributed by atoms with Gasteiger partial charge in [0.15, 0.2) is 0 Å². The molecule has 0 spiro atoms. The summed E-state index contributed by atoms with van der Waals surface area (Å²) in [7, 11) is 3.10. The van der Waals surface area contributed by atoms with E-state index in [9.17, 15) is 9.59 Å². The zero-order valence-corrected chi connectivity index (χ0v) is 18.6. The minimum absolute atomic E-state index is 0.174. The lowest BCUT2D eigenvalue weighted by atomic mass is 10.0. The van der Waals surface area contributed by atoms with E-state index in [1.54, 1.807) is 67.8 Å². The lowest BCUT2D eigenvalue weighted by Crippen LogP contribution is -2.32. The molecule has 1 heterocycles. The Morgan fingerprint density at radius 1 is 0.844 bits per heavy atom. The molecule has 0 aromatic heterocycles. The standard InChI is InChI=1S/C25H21ClN2O4/c1-15-7-10-17(26)13-21(15)27-23-22(16-8-11-19(31-2)12-9-16)24(29)28(25(23)30)18-5-4-6-20(14-18)32-3/h4-14,27H,1-3H3. The predicted octanol–water partition coefficient (Wildman–Crippen LogP) is 5.06. The highest BCUT2D eigenvalue weighted by Crippen LogP contribution is 2.36. The largest absolute Gasteiger partial charge is 0.497 e. The van der Waals surface area contributed by atoms with Gasteiger partial charge in [-0.2, -0.15) is 0 Å².